The van der Waals surface area contributed by atoms with Crippen LogP contribution >= 0.6 is 11.3 Å². The zero-order valence-corrected chi connectivity index (χ0v) is 11.3. The molecule has 0 aliphatic rings. The highest BCUT2D eigenvalue weighted by Gasteiger charge is 2.06. The minimum absolute atomic E-state index is 0.540. The van der Waals surface area contributed by atoms with Gasteiger partial charge in [0.15, 0.2) is 0 Å². The number of ether oxygens (including phenoxy) is 1. The number of nitrogens with zero attached hydrogens (tertiary/aromatic N) is 2. The average molecular weight is 271 g/mol. The van der Waals surface area contributed by atoms with E-state index < -0.39 is 0 Å². The third kappa shape index (κ3) is 2.51. The second kappa shape index (κ2) is 4.85. The van der Waals surface area contributed by atoms with Crippen LogP contribution in [0.4, 0.5) is 5.82 Å². The lowest BCUT2D eigenvalue weighted by molar-refractivity contribution is 0.415. The summed E-state index contributed by atoms with van der Waals surface area (Å²) in [5.74, 6) is 1.40. The van der Waals surface area contributed by atoms with Gasteiger partial charge in [-0.2, -0.15) is 0 Å². The molecule has 0 amide bonds. The molecule has 4 nitrogen and oxygen atoms in total. The van der Waals surface area contributed by atoms with Crippen LogP contribution in [0.3, 0.4) is 0 Å². The van der Waals surface area contributed by atoms with E-state index in [1.165, 1.54) is 0 Å². The molecule has 96 valence electrons. The van der Waals surface area contributed by atoms with Crippen molar-refractivity contribution in [1.82, 2.24) is 9.97 Å². The average Bonchev–Trinajstić information content (AvgIpc) is 2.82. The Morgan fingerprint density at radius 1 is 1.26 bits per heavy atom. The number of rotatable bonds is 3. The number of hydrogen-bond donors (Lipinski definition) is 1. The van der Waals surface area contributed by atoms with Crippen molar-refractivity contribution in [3.8, 4) is 5.75 Å². The summed E-state index contributed by atoms with van der Waals surface area (Å²) in [5.41, 5.74) is 7.69. The van der Waals surface area contributed by atoms with E-state index in [0.29, 0.717) is 5.82 Å². The van der Waals surface area contributed by atoms with Crippen LogP contribution < -0.4 is 10.5 Å². The van der Waals surface area contributed by atoms with Gasteiger partial charge in [0.25, 0.3) is 0 Å². The number of methoxy groups -OCH3 is 1. The zero-order chi connectivity index (χ0) is 13.2. The Labute approximate surface area is 114 Å². The van der Waals surface area contributed by atoms with E-state index in [2.05, 4.69) is 9.97 Å². The normalized spacial score (nSPS) is 10.8. The van der Waals surface area contributed by atoms with Crippen molar-refractivity contribution in [2.75, 3.05) is 12.8 Å². The third-order valence-corrected chi connectivity index (χ3v) is 3.86. The van der Waals surface area contributed by atoms with E-state index in [1.807, 2.05) is 30.3 Å². The van der Waals surface area contributed by atoms with Crippen molar-refractivity contribution in [3.05, 3.63) is 47.1 Å². The molecule has 5 heteroatoms. The highest BCUT2D eigenvalue weighted by Crippen LogP contribution is 2.27. The first-order valence-electron chi connectivity index (χ1n) is 5.88. The molecule has 3 aromatic rings. The molecule has 0 saturated carbocycles. The molecule has 0 atom stereocenters. The number of nitrogens with two attached hydrogens (primary N) is 1. The van der Waals surface area contributed by atoms with Crippen LogP contribution in [0.25, 0.3) is 10.2 Å². The Balaban J connectivity index is 1.90. The van der Waals surface area contributed by atoms with E-state index in [1.54, 1.807) is 24.6 Å². The lowest BCUT2D eigenvalue weighted by Crippen LogP contribution is -1.92. The summed E-state index contributed by atoms with van der Waals surface area (Å²) in [4.78, 5) is 8.70. The van der Waals surface area contributed by atoms with Crippen molar-refractivity contribution in [2.45, 2.75) is 6.42 Å². The summed E-state index contributed by atoms with van der Waals surface area (Å²) in [6.07, 6.45) is 2.57. The Morgan fingerprint density at radius 2 is 2.16 bits per heavy atom. The molecule has 2 heterocycles. The van der Waals surface area contributed by atoms with E-state index >= 15 is 0 Å². The lowest BCUT2D eigenvalue weighted by atomic mass is 10.2. The molecule has 0 unspecified atom stereocenters. The first kappa shape index (κ1) is 11.9. The number of nitrogen functional groups attached to an aromatic ring is 1. The van der Waals surface area contributed by atoms with Crippen molar-refractivity contribution in [3.63, 3.8) is 0 Å². The van der Waals surface area contributed by atoms with Gasteiger partial charge in [-0.3, -0.25) is 0 Å². The number of benzene rings is 1. The van der Waals surface area contributed by atoms with Crippen LogP contribution in [0.5, 0.6) is 5.75 Å². The summed E-state index contributed by atoms with van der Waals surface area (Å²) in [7, 11) is 1.67. The molecule has 3 rings (SSSR count). The summed E-state index contributed by atoms with van der Waals surface area (Å²) < 4.78 is 6.35. The van der Waals surface area contributed by atoms with Gasteiger partial charge in [0.05, 0.1) is 22.3 Å². The second-order valence-electron chi connectivity index (χ2n) is 4.21. The topological polar surface area (TPSA) is 61.0 Å². The van der Waals surface area contributed by atoms with Gasteiger partial charge >= 0.3 is 0 Å². The Bertz CT molecular complexity index is 706. The van der Waals surface area contributed by atoms with Crippen LogP contribution in [0.15, 0.2) is 36.5 Å². The highest BCUT2D eigenvalue weighted by molar-refractivity contribution is 7.18. The fraction of sp³-hybridized carbons (Fsp3) is 0.143. The SMILES string of the molecule is COc1ccc2nc(Cc3ccc(N)nc3)sc2c1. The number of pyridine rings is 1. The van der Waals surface area contributed by atoms with Gasteiger partial charge in [-0.15, -0.1) is 11.3 Å². The Hall–Kier alpha value is -2.14. The fourth-order valence-electron chi connectivity index (χ4n) is 1.87. The molecular formula is C14H13N3OS. The molecule has 0 saturated heterocycles. The minimum atomic E-state index is 0.540. The molecular weight excluding hydrogens is 258 g/mol. The van der Waals surface area contributed by atoms with Gasteiger partial charge in [-0.1, -0.05) is 6.07 Å². The van der Waals surface area contributed by atoms with E-state index in [-0.39, 0.29) is 0 Å². The van der Waals surface area contributed by atoms with Crippen LogP contribution in [-0.2, 0) is 6.42 Å². The van der Waals surface area contributed by atoms with Crippen LogP contribution in [-0.4, -0.2) is 17.1 Å². The summed E-state index contributed by atoms with van der Waals surface area (Å²) in [6, 6.07) is 9.71. The summed E-state index contributed by atoms with van der Waals surface area (Å²) in [5, 5.41) is 1.06. The van der Waals surface area contributed by atoms with E-state index in [9.17, 15) is 0 Å². The fourth-order valence-corrected chi connectivity index (χ4v) is 2.90. The van der Waals surface area contributed by atoms with E-state index in [4.69, 9.17) is 10.5 Å². The molecule has 19 heavy (non-hydrogen) atoms. The maximum Gasteiger partial charge on any atom is 0.123 e. The third-order valence-electron chi connectivity index (χ3n) is 2.84. The molecule has 0 bridgehead atoms. The predicted molar refractivity (Wildman–Crippen MR) is 77.6 cm³/mol. The van der Waals surface area contributed by atoms with Crippen LogP contribution in [0, 0.1) is 0 Å². The number of fused-ring (bicyclic) bond motifs is 1. The Morgan fingerprint density at radius 3 is 2.89 bits per heavy atom. The second-order valence-corrected chi connectivity index (χ2v) is 5.32. The standard InChI is InChI=1S/C14H13N3OS/c1-18-10-3-4-11-12(7-10)19-14(17-11)6-9-2-5-13(15)16-8-9/h2-5,7-8H,6H2,1H3,(H2,15,16). The zero-order valence-electron chi connectivity index (χ0n) is 10.5. The molecule has 0 aliphatic carbocycles. The molecule has 0 aliphatic heterocycles. The maximum atomic E-state index is 5.58. The molecule has 1 aromatic carbocycles. The van der Waals surface area contributed by atoms with Gasteiger partial charge in [0, 0.05) is 12.6 Å². The van der Waals surface area contributed by atoms with Gasteiger partial charge in [0.2, 0.25) is 0 Å². The highest BCUT2D eigenvalue weighted by atomic mass is 32.1. The number of hydrogen-bond acceptors (Lipinski definition) is 5. The van der Waals surface area contributed by atoms with Gasteiger partial charge < -0.3 is 10.5 Å². The lowest BCUT2D eigenvalue weighted by Gasteiger charge is -1.97. The first-order chi connectivity index (χ1) is 9.24. The van der Waals surface area contributed by atoms with Crippen molar-refractivity contribution in [1.29, 1.82) is 0 Å². The largest absolute Gasteiger partial charge is 0.497 e. The van der Waals surface area contributed by atoms with Gasteiger partial charge in [0.1, 0.15) is 11.6 Å². The number of anilines is 1. The number of thiazole rings is 1. The number of aromatic nitrogens is 2. The van der Waals surface area contributed by atoms with Crippen molar-refractivity contribution < 1.29 is 4.74 Å². The molecule has 0 spiro atoms. The van der Waals surface area contributed by atoms with Crippen molar-refractivity contribution >= 4 is 27.4 Å². The maximum absolute atomic E-state index is 5.58. The van der Waals surface area contributed by atoms with Crippen molar-refractivity contribution in [2.24, 2.45) is 0 Å². The molecule has 2 aromatic heterocycles. The van der Waals surface area contributed by atoms with Crippen LogP contribution in [0.2, 0.25) is 0 Å². The van der Waals surface area contributed by atoms with Gasteiger partial charge in [-0.05, 0) is 29.8 Å². The predicted octanol–water partition coefficient (Wildman–Crippen LogP) is 2.87. The molecule has 0 fully saturated rings. The smallest absolute Gasteiger partial charge is 0.123 e. The minimum Gasteiger partial charge on any atom is -0.497 e. The Kier molecular flexibility index (Phi) is 3.05. The summed E-state index contributed by atoms with van der Waals surface area (Å²) >= 11 is 1.68. The van der Waals surface area contributed by atoms with Gasteiger partial charge in [-0.25, -0.2) is 9.97 Å². The monoisotopic (exact) mass is 271 g/mol. The van der Waals surface area contributed by atoms with Crippen LogP contribution in [0.1, 0.15) is 10.6 Å². The molecule has 0 radical (unpaired) electrons. The summed E-state index contributed by atoms with van der Waals surface area (Å²) in [6.45, 7) is 0. The van der Waals surface area contributed by atoms with E-state index in [0.717, 1.165) is 33.0 Å². The quantitative estimate of drug-likeness (QED) is 0.795. The first-order valence-corrected chi connectivity index (χ1v) is 6.70. The molecule has 2 N–H and O–H groups in total.